The van der Waals surface area contributed by atoms with Gasteiger partial charge < -0.3 is 10.2 Å². The minimum Gasteiger partial charge on any atom is -0.349 e. The molecule has 0 fully saturated rings. The Labute approximate surface area is 132 Å². The molecular weight excluding hydrogens is 309 g/mol. The molecule has 6 nitrogen and oxygen atoms in total. The zero-order valence-electron chi connectivity index (χ0n) is 12.4. The number of rotatable bonds is 6. The van der Waals surface area contributed by atoms with E-state index in [-0.39, 0.29) is 18.1 Å². The van der Waals surface area contributed by atoms with Gasteiger partial charge in [-0.25, -0.2) is 9.07 Å². The zero-order valence-corrected chi connectivity index (χ0v) is 13.1. The predicted molar refractivity (Wildman–Crippen MR) is 81.4 cm³/mol. The molecule has 8 heteroatoms. The van der Waals surface area contributed by atoms with E-state index < -0.39 is 5.82 Å². The molecule has 118 valence electrons. The monoisotopic (exact) mass is 325 g/mol. The molecule has 1 amide bonds. The van der Waals surface area contributed by atoms with Gasteiger partial charge >= 0.3 is 0 Å². The number of hydrogen-bond donors (Lipinski definition) is 1. The predicted octanol–water partition coefficient (Wildman–Crippen LogP) is 1.41. The van der Waals surface area contributed by atoms with E-state index in [2.05, 4.69) is 15.6 Å². The molecule has 0 aliphatic heterocycles. The Kier molecular flexibility index (Phi) is 5.46. The molecule has 0 spiro atoms. The Morgan fingerprint density at radius 1 is 1.45 bits per heavy atom. The molecule has 1 aromatic carbocycles. The highest BCUT2D eigenvalue weighted by molar-refractivity contribution is 6.31. The van der Waals surface area contributed by atoms with Crippen LogP contribution >= 0.6 is 11.6 Å². The quantitative estimate of drug-likeness (QED) is 0.872. The highest BCUT2D eigenvalue weighted by Gasteiger charge is 2.13. The van der Waals surface area contributed by atoms with Crippen molar-refractivity contribution in [2.75, 3.05) is 27.2 Å². The standard InChI is InChI=1S/C14H17ClFN5O/c1-20(2)7-6-17-14(22)13-9-21(19-18-13)8-10-11(15)4-3-5-12(10)16/h3-5,9H,6-8H2,1-2H3,(H,17,22). The summed E-state index contributed by atoms with van der Waals surface area (Å²) in [5, 5.41) is 10.7. The Morgan fingerprint density at radius 2 is 2.23 bits per heavy atom. The van der Waals surface area contributed by atoms with Crippen molar-refractivity contribution in [1.82, 2.24) is 25.2 Å². The third kappa shape index (κ3) is 4.25. The molecule has 2 rings (SSSR count). The van der Waals surface area contributed by atoms with Crippen molar-refractivity contribution >= 4 is 17.5 Å². The Hall–Kier alpha value is -1.99. The van der Waals surface area contributed by atoms with Crippen molar-refractivity contribution in [3.05, 3.63) is 46.5 Å². The van der Waals surface area contributed by atoms with Gasteiger partial charge in [0.2, 0.25) is 0 Å². The lowest BCUT2D eigenvalue weighted by atomic mass is 10.2. The van der Waals surface area contributed by atoms with Crippen molar-refractivity contribution in [2.45, 2.75) is 6.54 Å². The van der Waals surface area contributed by atoms with E-state index in [9.17, 15) is 9.18 Å². The molecule has 2 aromatic rings. The molecule has 0 radical (unpaired) electrons. The number of carbonyl (C=O) groups excluding carboxylic acids is 1. The number of nitrogens with zero attached hydrogens (tertiary/aromatic N) is 4. The van der Waals surface area contributed by atoms with Gasteiger partial charge in [-0.15, -0.1) is 5.10 Å². The summed E-state index contributed by atoms with van der Waals surface area (Å²) >= 11 is 5.96. The molecule has 0 saturated carbocycles. The average Bonchev–Trinajstić information content (AvgIpc) is 2.91. The molecule has 0 saturated heterocycles. The minimum atomic E-state index is -0.417. The molecule has 0 atom stereocenters. The number of hydrogen-bond acceptors (Lipinski definition) is 4. The highest BCUT2D eigenvalue weighted by atomic mass is 35.5. The summed E-state index contributed by atoms with van der Waals surface area (Å²) in [6, 6.07) is 4.46. The Balaban J connectivity index is 2.01. The van der Waals surface area contributed by atoms with E-state index in [1.807, 2.05) is 19.0 Å². The summed E-state index contributed by atoms with van der Waals surface area (Å²) in [6.07, 6.45) is 1.47. The summed E-state index contributed by atoms with van der Waals surface area (Å²) < 4.78 is 15.1. The second-order valence-electron chi connectivity index (χ2n) is 5.06. The maximum atomic E-state index is 13.7. The molecule has 1 N–H and O–H groups in total. The van der Waals surface area contributed by atoms with Crippen LogP contribution in [0.15, 0.2) is 24.4 Å². The molecule has 0 aliphatic rings. The molecule has 0 unspecified atom stereocenters. The van der Waals surface area contributed by atoms with Gasteiger partial charge in [-0.3, -0.25) is 4.79 Å². The average molecular weight is 326 g/mol. The number of likely N-dealkylation sites (N-methyl/N-ethyl adjacent to an activating group) is 1. The number of benzene rings is 1. The van der Waals surface area contributed by atoms with Crippen molar-refractivity contribution in [1.29, 1.82) is 0 Å². The lowest BCUT2D eigenvalue weighted by Crippen LogP contribution is -2.31. The number of nitrogens with one attached hydrogen (secondary N) is 1. The summed E-state index contributed by atoms with van der Waals surface area (Å²) in [5.41, 5.74) is 0.500. The van der Waals surface area contributed by atoms with Crippen LogP contribution in [-0.2, 0) is 6.54 Å². The van der Waals surface area contributed by atoms with Gasteiger partial charge in [-0.2, -0.15) is 0 Å². The van der Waals surface area contributed by atoms with Crippen molar-refractivity contribution in [3.8, 4) is 0 Å². The van der Waals surface area contributed by atoms with Gasteiger partial charge in [-0.05, 0) is 26.2 Å². The van der Waals surface area contributed by atoms with Crippen LogP contribution in [0.4, 0.5) is 4.39 Å². The minimum absolute atomic E-state index is 0.115. The fraction of sp³-hybridized carbons (Fsp3) is 0.357. The third-order valence-electron chi connectivity index (χ3n) is 3.00. The van der Waals surface area contributed by atoms with E-state index >= 15 is 0 Å². The molecule has 0 bridgehead atoms. The normalized spacial score (nSPS) is 11.0. The highest BCUT2D eigenvalue weighted by Crippen LogP contribution is 2.19. The first-order chi connectivity index (χ1) is 10.5. The first-order valence-electron chi connectivity index (χ1n) is 6.73. The lowest BCUT2D eigenvalue weighted by Gasteiger charge is -2.09. The smallest absolute Gasteiger partial charge is 0.273 e. The number of carbonyl (C=O) groups is 1. The number of aromatic nitrogens is 3. The van der Waals surface area contributed by atoms with Crippen LogP contribution in [0, 0.1) is 5.82 Å². The second kappa shape index (κ2) is 7.33. The number of amides is 1. The van der Waals surface area contributed by atoms with Crippen molar-refractivity contribution in [2.24, 2.45) is 0 Å². The van der Waals surface area contributed by atoms with Gasteiger partial charge in [0.05, 0.1) is 12.7 Å². The third-order valence-corrected chi connectivity index (χ3v) is 3.35. The van der Waals surface area contributed by atoms with Gasteiger partial charge in [0.15, 0.2) is 5.69 Å². The van der Waals surface area contributed by atoms with Crippen LogP contribution in [-0.4, -0.2) is 53.0 Å². The summed E-state index contributed by atoms with van der Waals surface area (Å²) in [5.74, 6) is -0.729. The van der Waals surface area contributed by atoms with Crippen molar-refractivity contribution in [3.63, 3.8) is 0 Å². The summed E-state index contributed by atoms with van der Waals surface area (Å²) in [6.45, 7) is 1.35. The van der Waals surface area contributed by atoms with Crippen LogP contribution in [0.2, 0.25) is 5.02 Å². The molecule has 1 aromatic heterocycles. The van der Waals surface area contributed by atoms with Gasteiger partial charge in [-0.1, -0.05) is 22.9 Å². The Morgan fingerprint density at radius 3 is 2.91 bits per heavy atom. The fourth-order valence-electron chi connectivity index (χ4n) is 1.81. The summed E-state index contributed by atoms with van der Waals surface area (Å²) in [7, 11) is 3.83. The second-order valence-corrected chi connectivity index (χ2v) is 5.47. The zero-order chi connectivity index (χ0) is 16.1. The SMILES string of the molecule is CN(C)CCNC(=O)c1cn(Cc2c(F)cccc2Cl)nn1. The first kappa shape index (κ1) is 16.4. The van der Waals surface area contributed by atoms with Crippen LogP contribution in [0.25, 0.3) is 0 Å². The molecule has 1 heterocycles. The van der Waals surface area contributed by atoms with E-state index in [4.69, 9.17) is 11.6 Å². The summed E-state index contributed by atoms with van der Waals surface area (Å²) in [4.78, 5) is 13.8. The van der Waals surface area contributed by atoms with Crippen molar-refractivity contribution < 1.29 is 9.18 Å². The largest absolute Gasteiger partial charge is 0.349 e. The lowest BCUT2D eigenvalue weighted by molar-refractivity contribution is 0.0946. The van der Waals surface area contributed by atoms with E-state index in [0.29, 0.717) is 17.1 Å². The van der Waals surface area contributed by atoms with Gasteiger partial charge in [0, 0.05) is 23.7 Å². The number of halogens is 2. The topological polar surface area (TPSA) is 63.1 Å². The van der Waals surface area contributed by atoms with Crippen LogP contribution < -0.4 is 5.32 Å². The van der Waals surface area contributed by atoms with Gasteiger partial charge in [0.25, 0.3) is 5.91 Å². The van der Waals surface area contributed by atoms with Gasteiger partial charge in [0.1, 0.15) is 5.82 Å². The fourth-order valence-corrected chi connectivity index (χ4v) is 2.03. The van der Waals surface area contributed by atoms with Crippen LogP contribution in [0.1, 0.15) is 16.1 Å². The van der Waals surface area contributed by atoms with Crippen LogP contribution in [0.3, 0.4) is 0 Å². The molecular formula is C14H17ClFN5O. The van der Waals surface area contributed by atoms with E-state index in [0.717, 1.165) is 6.54 Å². The Bertz CT molecular complexity index is 638. The maximum absolute atomic E-state index is 13.7. The van der Waals surface area contributed by atoms with E-state index in [1.165, 1.54) is 23.0 Å². The maximum Gasteiger partial charge on any atom is 0.273 e. The van der Waals surface area contributed by atoms with Crippen LogP contribution in [0.5, 0.6) is 0 Å². The molecule has 22 heavy (non-hydrogen) atoms. The molecule has 0 aliphatic carbocycles. The first-order valence-corrected chi connectivity index (χ1v) is 7.11. The van der Waals surface area contributed by atoms with E-state index in [1.54, 1.807) is 6.07 Å².